The van der Waals surface area contributed by atoms with E-state index in [-0.39, 0.29) is 28.6 Å². The zero-order valence-corrected chi connectivity index (χ0v) is 15.8. The summed E-state index contributed by atoms with van der Waals surface area (Å²) in [5.74, 6) is 0.172. The van der Waals surface area contributed by atoms with Gasteiger partial charge in [-0.3, -0.25) is 4.79 Å². The predicted molar refractivity (Wildman–Crippen MR) is 97.9 cm³/mol. The van der Waals surface area contributed by atoms with Gasteiger partial charge in [-0.25, -0.2) is 12.8 Å². The number of likely N-dealkylation sites (tertiary alicyclic amines) is 1. The molecule has 26 heavy (non-hydrogen) atoms. The largest absolute Gasteiger partial charge is 0.341 e. The summed E-state index contributed by atoms with van der Waals surface area (Å²) >= 11 is 0. The van der Waals surface area contributed by atoms with Gasteiger partial charge in [-0.05, 0) is 49.3 Å². The molecule has 2 aliphatic heterocycles. The molecule has 0 spiro atoms. The maximum atomic E-state index is 13.6. The second-order valence-corrected chi connectivity index (χ2v) is 10.7. The zero-order chi connectivity index (χ0) is 18.4. The first-order chi connectivity index (χ1) is 12.4. The second-order valence-electron chi connectivity index (χ2n) is 8.31. The summed E-state index contributed by atoms with van der Waals surface area (Å²) in [6.45, 7) is 0.907. The third-order valence-electron chi connectivity index (χ3n) is 6.60. The Morgan fingerprint density at radius 1 is 1.19 bits per heavy atom. The summed E-state index contributed by atoms with van der Waals surface area (Å²) in [6, 6.07) is 6.52. The fraction of sp³-hybridized carbons (Fsp3) is 0.650. The van der Waals surface area contributed by atoms with Crippen LogP contribution in [0.4, 0.5) is 4.39 Å². The average molecular weight is 379 g/mol. The number of carbonyl (C=O) groups is 1. The van der Waals surface area contributed by atoms with Crippen molar-refractivity contribution in [3.05, 3.63) is 35.6 Å². The van der Waals surface area contributed by atoms with Gasteiger partial charge in [0.25, 0.3) is 0 Å². The molecule has 0 bridgehead atoms. The summed E-state index contributed by atoms with van der Waals surface area (Å²) < 4.78 is 38.1. The normalized spacial score (nSPS) is 29.5. The number of halogens is 1. The highest BCUT2D eigenvalue weighted by atomic mass is 32.2. The number of hydrogen-bond acceptors (Lipinski definition) is 3. The lowest BCUT2D eigenvalue weighted by atomic mass is 9.69. The van der Waals surface area contributed by atoms with Crippen LogP contribution in [0, 0.1) is 17.2 Å². The van der Waals surface area contributed by atoms with Gasteiger partial charge in [0.15, 0.2) is 9.84 Å². The Morgan fingerprint density at radius 2 is 1.96 bits per heavy atom. The van der Waals surface area contributed by atoms with Crippen LogP contribution in [0.5, 0.6) is 0 Å². The number of hydrogen-bond donors (Lipinski definition) is 0. The molecule has 3 fully saturated rings. The Balaban J connectivity index is 1.58. The molecule has 0 radical (unpaired) electrons. The molecule has 4 nitrogen and oxygen atoms in total. The van der Waals surface area contributed by atoms with Crippen LogP contribution in [0.25, 0.3) is 0 Å². The van der Waals surface area contributed by atoms with Gasteiger partial charge in [0.2, 0.25) is 5.91 Å². The quantitative estimate of drug-likeness (QED) is 0.811. The Kier molecular flexibility index (Phi) is 4.58. The molecule has 1 aliphatic carbocycles. The highest BCUT2D eigenvalue weighted by molar-refractivity contribution is 7.92. The highest BCUT2D eigenvalue weighted by Crippen LogP contribution is 2.43. The monoisotopic (exact) mass is 379 g/mol. The molecule has 4 rings (SSSR count). The topological polar surface area (TPSA) is 54.5 Å². The molecule has 0 aromatic heterocycles. The predicted octanol–water partition coefficient (Wildman–Crippen LogP) is 2.96. The van der Waals surface area contributed by atoms with E-state index in [0.717, 1.165) is 37.7 Å². The van der Waals surface area contributed by atoms with Crippen molar-refractivity contribution in [2.24, 2.45) is 11.3 Å². The van der Waals surface area contributed by atoms with E-state index in [0.29, 0.717) is 25.9 Å². The third kappa shape index (κ3) is 3.17. The van der Waals surface area contributed by atoms with E-state index in [1.807, 2.05) is 6.07 Å². The number of carbonyl (C=O) groups excluding carboxylic acids is 1. The summed E-state index contributed by atoms with van der Waals surface area (Å²) in [7, 11) is -3.05. The van der Waals surface area contributed by atoms with Crippen molar-refractivity contribution in [3.63, 3.8) is 0 Å². The summed E-state index contributed by atoms with van der Waals surface area (Å²) in [5.41, 5.74) is 0.348. The van der Waals surface area contributed by atoms with E-state index in [4.69, 9.17) is 0 Å². The van der Waals surface area contributed by atoms with Crippen LogP contribution in [-0.4, -0.2) is 43.3 Å². The van der Waals surface area contributed by atoms with Gasteiger partial charge < -0.3 is 4.90 Å². The molecular formula is C20H26FNO3S. The van der Waals surface area contributed by atoms with E-state index < -0.39 is 15.3 Å². The lowest BCUT2D eigenvalue weighted by Gasteiger charge is -2.39. The van der Waals surface area contributed by atoms with Crippen LogP contribution in [0.2, 0.25) is 0 Å². The molecule has 1 amide bonds. The van der Waals surface area contributed by atoms with E-state index in [2.05, 4.69) is 0 Å². The lowest BCUT2D eigenvalue weighted by Crippen LogP contribution is -2.46. The smallest absolute Gasteiger partial charge is 0.229 e. The second kappa shape index (κ2) is 6.63. The van der Waals surface area contributed by atoms with Crippen LogP contribution in [-0.2, 0) is 21.1 Å². The first-order valence-electron chi connectivity index (χ1n) is 9.65. The SMILES string of the molecule is O=C(N1C[C@@H]2CCS(=O)(=O)[C@@H]2C1)C1(Cc2cccc(F)c2)CCCCC1. The summed E-state index contributed by atoms with van der Waals surface area (Å²) in [5, 5.41) is -0.374. The van der Waals surface area contributed by atoms with Gasteiger partial charge in [-0.15, -0.1) is 0 Å². The highest BCUT2D eigenvalue weighted by Gasteiger charge is 2.51. The van der Waals surface area contributed by atoms with Crippen molar-refractivity contribution in [2.45, 2.75) is 50.2 Å². The van der Waals surface area contributed by atoms with Crippen molar-refractivity contribution in [3.8, 4) is 0 Å². The molecule has 1 saturated carbocycles. The number of rotatable bonds is 3. The van der Waals surface area contributed by atoms with Gasteiger partial charge in [0.1, 0.15) is 5.82 Å². The number of sulfone groups is 1. The van der Waals surface area contributed by atoms with Gasteiger partial charge >= 0.3 is 0 Å². The number of fused-ring (bicyclic) bond motifs is 1. The van der Waals surface area contributed by atoms with Crippen LogP contribution >= 0.6 is 0 Å². The molecule has 2 atom stereocenters. The summed E-state index contributed by atoms with van der Waals surface area (Å²) in [6.07, 6.45) is 5.95. The molecule has 0 N–H and O–H groups in total. The molecule has 142 valence electrons. The van der Waals surface area contributed by atoms with Crippen LogP contribution in [0.1, 0.15) is 44.1 Å². The van der Waals surface area contributed by atoms with Gasteiger partial charge in [0.05, 0.1) is 16.4 Å². The molecule has 3 aliphatic rings. The Labute approximate surface area is 154 Å². The van der Waals surface area contributed by atoms with Crippen LogP contribution in [0.3, 0.4) is 0 Å². The molecule has 2 heterocycles. The maximum absolute atomic E-state index is 13.6. The minimum atomic E-state index is -3.05. The van der Waals surface area contributed by atoms with E-state index >= 15 is 0 Å². The first kappa shape index (κ1) is 18.0. The standard InChI is InChI=1S/C20H26FNO3S/c21-17-6-4-5-15(11-17)12-20(8-2-1-3-9-20)19(23)22-13-16-7-10-26(24,25)18(16)14-22/h4-6,11,16,18H,1-3,7-10,12-14H2/t16-,18+/m0/s1. The van der Waals surface area contributed by atoms with Crippen molar-refractivity contribution in [1.82, 2.24) is 4.90 Å². The number of amides is 1. The Morgan fingerprint density at radius 3 is 2.65 bits per heavy atom. The maximum Gasteiger partial charge on any atom is 0.229 e. The molecule has 0 unspecified atom stereocenters. The van der Waals surface area contributed by atoms with Crippen molar-refractivity contribution in [2.75, 3.05) is 18.8 Å². The van der Waals surface area contributed by atoms with Gasteiger partial charge in [0, 0.05) is 13.1 Å². The minimum Gasteiger partial charge on any atom is -0.341 e. The summed E-state index contributed by atoms with van der Waals surface area (Å²) in [4.78, 5) is 15.3. The van der Waals surface area contributed by atoms with Gasteiger partial charge in [-0.1, -0.05) is 31.4 Å². The molecule has 1 aromatic rings. The number of nitrogens with zero attached hydrogens (tertiary/aromatic N) is 1. The molecule has 1 aromatic carbocycles. The number of benzene rings is 1. The zero-order valence-electron chi connectivity index (χ0n) is 15.0. The van der Waals surface area contributed by atoms with Crippen molar-refractivity contribution >= 4 is 15.7 Å². The molecule has 6 heteroatoms. The molecule has 2 saturated heterocycles. The van der Waals surface area contributed by atoms with E-state index in [1.54, 1.807) is 11.0 Å². The minimum absolute atomic E-state index is 0.0889. The Bertz CT molecular complexity index is 801. The first-order valence-corrected chi connectivity index (χ1v) is 11.4. The van der Waals surface area contributed by atoms with E-state index in [9.17, 15) is 17.6 Å². The molecular weight excluding hydrogens is 353 g/mol. The van der Waals surface area contributed by atoms with Crippen molar-refractivity contribution in [1.29, 1.82) is 0 Å². The lowest BCUT2D eigenvalue weighted by molar-refractivity contribution is -0.143. The van der Waals surface area contributed by atoms with Crippen molar-refractivity contribution < 1.29 is 17.6 Å². The fourth-order valence-electron chi connectivity index (χ4n) is 5.23. The fourth-order valence-corrected chi connectivity index (χ4v) is 7.38. The van der Waals surface area contributed by atoms with Crippen LogP contribution < -0.4 is 0 Å². The Hall–Kier alpha value is -1.43. The van der Waals surface area contributed by atoms with E-state index in [1.165, 1.54) is 12.1 Å². The average Bonchev–Trinajstić information content (AvgIpc) is 3.16. The van der Waals surface area contributed by atoms with Crippen LogP contribution in [0.15, 0.2) is 24.3 Å². The third-order valence-corrected chi connectivity index (χ3v) is 8.86. The van der Waals surface area contributed by atoms with Gasteiger partial charge in [-0.2, -0.15) is 0 Å².